The van der Waals surface area contributed by atoms with Crippen LogP contribution in [0.5, 0.6) is 0 Å². The van der Waals surface area contributed by atoms with Gasteiger partial charge in [-0.15, -0.1) is 0 Å². The number of amides is 2. The van der Waals surface area contributed by atoms with E-state index in [9.17, 15) is 14.0 Å². The number of hydrogen-bond donors (Lipinski definition) is 0. The van der Waals surface area contributed by atoms with E-state index in [0.717, 1.165) is 11.3 Å². The number of nitrogens with zero attached hydrogens (tertiary/aromatic N) is 3. The molecule has 6 heteroatoms. The number of piperidine rings is 1. The van der Waals surface area contributed by atoms with Gasteiger partial charge in [0.2, 0.25) is 11.8 Å². The fourth-order valence-corrected chi connectivity index (χ4v) is 4.76. The summed E-state index contributed by atoms with van der Waals surface area (Å²) in [5.74, 6) is -0.207. The molecule has 2 amide bonds. The lowest BCUT2D eigenvalue weighted by Crippen LogP contribution is -2.57. The number of benzene rings is 2. The van der Waals surface area contributed by atoms with Crippen LogP contribution in [0, 0.1) is 5.82 Å². The molecule has 0 radical (unpaired) electrons. The van der Waals surface area contributed by atoms with Gasteiger partial charge in [0.05, 0.1) is 5.41 Å². The molecular formula is C25H28FN3O2. The Morgan fingerprint density at radius 1 is 0.871 bits per heavy atom. The van der Waals surface area contributed by atoms with E-state index in [0.29, 0.717) is 52.1 Å². The Hall–Kier alpha value is -3.15. The third-order valence-corrected chi connectivity index (χ3v) is 6.58. The predicted molar refractivity (Wildman–Crippen MR) is 119 cm³/mol. The van der Waals surface area contributed by atoms with Crippen LogP contribution in [0.3, 0.4) is 0 Å². The molecule has 31 heavy (non-hydrogen) atoms. The van der Waals surface area contributed by atoms with Gasteiger partial charge in [-0.05, 0) is 42.7 Å². The summed E-state index contributed by atoms with van der Waals surface area (Å²) in [6.45, 7) is 7.18. The average Bonchev–Trinajstić information content (AvgIpc) is 2.84. The van der Waals surface area contributed by atoms with Crippen LogP contribution in [-0.4, -0.2) is 60.9 Å². The molecule has 2 aliphatic heterocycles. The van der Waals surface area contributed by atoms with Gasteiger partial charge in [0.25, 0.3) is 0 Å². The molecular weight excluding hydrogens is 393 g/mol. The Morgan fingerprint density at radius 2 is 1.55 bits per heavy atom. The summed E-state index contributed by atoms with van der Waals surface area (Å²) in [6.07, 6.45) is 2.53. The lowest BCUT2D eigenvalue weighted by atomic mass is 9.71. The normalized spacial score (nSPS) is 18.5. The Bertz CT molecular complexity index is 946. The van der Waals surface area contributed by atoms with Crippen LogP contribution in [0.1, 0.15) is 18.4 Å². The molecule has 5 nitrogen and oxygen atoms in total. The van der Waals surface area contributed by atoms with Crippen LogP contribution in [0.2, 0.25) is 0 Å². The highest BCUT2D eigenvalue weighted by Gasteiger charge is 2.45. The van der Waals surface area contributed by atoms with Gasteiger partial charge in [0, 0.05) is 45.0 Å². The molecule has 4 rings (SSSR count). The molecule has 0 aliphatic carbocycles. The number of rotatable bonds is 4. The third kappa shape index (κ3) is 4.20. The largest absolute Gasteiger partial charge is 0.368 e. The van der Waals surface area contributed by atoms with Crippen LogP contribution in [0.15, 0.2) is 67.3 Å². The minimum Gasteiger partial charge on any atom is -0.368 e. The van der Waals surface area contributed by atoms with Crippen molar-refractivity contribution in [3.05, 3.63) is 78.6 Å². The summed E-state index contributed by atoms with van der Waals surface area (Å²) in [5.41, 5.74) is 1.24. The monoisotopic (exact) mass is 421 g/mol. The van der Waals surface area contributed by atoms with Gasteiger partial charge < -0.3 is 14.7 Å². The van der Waals surface area contributed by atoms with Crippen molar-refractivity contribution in [3.63, 3.8) is 0 Å². The molecule has 0 N–H and O–H groups in total. The molecule has 2 aromatic carbocycles. The zero-order chi connectivity index (χ0) is 21.8. The van der Waals surface area contributed by atoms with E-state index in [-0.39, 0.29) is 17.6 Å². The summed E-state index contributed by atoms with van der Waals surface area (Å²) < 4.78 is 13.6. The lowest BCUT2D eigenvalue weighted by Gasteiger charge is -2.45. The van der Waals surface area contributed by atoms with Crippen molar-refractivity contribution in [1.29, 1.82) is 0 Å². The van der Waals surface area contributed by atoms with E-state index >= 15 is 0 Å². The number of likely N-dealkylation sites (tertiary alicyclic amines) is 1. The van der Waals surface area contributed by atoms with Gasteiger partial charge >= 0.3 is 0 Å². The highest BCUT2D eigenvalue weighted by molar-refractivity contribution is 5.90. The van der Waals surface area contributed by atoms with E-state index in [2.05, 4.69) is 11.5 Å². The van der Waals surface area contributed by atoms with Crippen LogP contribution in [0.4, 0.5) is 10.1 Å². The third-order valence-electron chi connectivity index (χ3n) is 6.58. The first-order chi connectivity index (χ1) is 15.0. The number of anilines is 1. The highest BCUT2D eigenvalue weighted by Crippen LogP contribution is 2.38. The molecule has 0 bridgehead atoms. The van der Waals surface area contributed by atoms with E-state index < -0.39 is 5.41 Å². The van der Waals surface area contributed by atoms with E-state index in [1.54, 1.807) is 11.0 Å². The molecule has 2 aliphatic rings. The molecule has 162 valence electrons. The van der Waals surface area contributed by atoms with Crippen molar-refractivity contribution in [3.8, 4) is 0 Å². The zero-order valence-corrected chi connectivity index (χ0v) is 17.7. The molecule has 2 aromatic rings. The minimum atomic E-state index is -0.625. The predicted octanol–water partition coefficient (Wildman–Crippen LogP) is 3.22. The van der Waals surface area contributed by atoms with Crippen molar-refractivity contribution >= 4 is 17.5 Å². The maximum atomic E-state index is 13.8. The smallest absolute Gasteiger partial charge is 0.245 e. The molecule has 0 spiro atoms. The molecule has 2 saturated heterocycles. The van der Waals surface area contributed by atoms with Gasteiger partial charge in [-0.2, -0.15) is 0 Å². The van der Waals surface area contributed by atoms with Crippen molar-refractivity contribution in [2.75, 3.05) is 44.2 Å². The topological polar surface area (TPSA) is 43.9 Å². The quantitative estimate of drug-likeness (QED) is 0.712. The van der Waals surface area contributed by atoms with Crippen molar-refractivity contribution in [2.45, 2.75) is 18.3 Å². The fraction of sp³-hybridized carbons (Fsp3) is 0.360. The van der Waals surface area contributed by atoms with Gasteiger partial charge in [0.1, 0.15) is 5.82 Å². The van der Waals surface area contributed by atoms with Crippen molar-refractivity contribution in [2.24, 2.45) is 0 Å². The average molecular weight is 422 g/mol. The fourth-order valence-electron chi connectivity index (χ4n) is 4.76. The van der Waals surface area contributed by atoms with Gasteiger partial charge in [0.15, 0.2) is 0 Å². The first kappa shape index (κ1) is 21.1. The SMILES string of the molecule is C=CC(=O)N1CCC(C(=O)N2CCN(c3cccc(F)c3)CC2)(c2ccccc2)CC1. The summed E-state index contributed by atoms with van der Waals surface area (Å²) in [6, 6.07) is 16.5. The molecule has 0 unspecified atom stereocenters. The van der Waals surface area contributed by atoms with Crippen molar-refractivity contribution in [1.82, 2.24) is 9.80 Å². The van der Waals surface area contributed by atoms with Gasteiger partial charge in [-0.25, -0.2) is 4.39 Å². The second-order valence-corrected chi connectivity index (χ2v) is 8.24. The summed E-state index contributed by atoms with van der Waals surface area (Å²) in [7, 11) is 0. The van der Waals surface area contributed by atoms with Crippen molar-refractivity contribution < 1.29 is 14.0 Å². The van der Waals surface area contributed by atoms with Crippen LogP contribution in [0.25, 0.3) is 0 Å². The maximum Gasteiger partial charge on any atom is 0.245 e. The second kappa shape index (κ2) is 8.92. The standard InChI is InChI=1S/C25H28FN3O2/c1-2-23(30)28-13-11-25(12-14-28,20-7-4-3-5-8-20)24(31)29-17-15-27(16-18-29)22-10-6-9-21(26)19-22/h2-10,19H,1,11-18H2. The lowest BCUT2D eigenvalue weighted by molar-refractivity contribution is -0.142. The number of carbonyl (C=O) groups excluding carboxylic acids is 2. The Labute approximate surface area is 182 Å². The molecule has 0 atom stereocenters. The number of halogens is 1. The van der Waals surface area contributed by atoms with Gasteiger partial charge in [-0.1, -0.05) is 43.0 Å². The summed E-state index contributed by atoms with van der Waals surface area (Å²) in [4.78, 5) is 31.7. The molecule has 2 fully saturated rings. The highest BCUT2D eigenvalue weighted by atomic mass is 19.1. The molecule has 0 saturated carbocycles. The zero-order valence-electron chi connectivity index (χ0n) is 17.7. The Kier molecular flexibility index (Phi) is 6.07. The Morgan fingerprint density at radius 3 is 2.16 bits per heavy atom. The maximum absolute atomic E-state index is 13.8. The Balaban J connectivity index is 1.51. The number of piperazine rings is 1. The first-order valence-electron chi connectivity index (χ1n) is 10.8. The van der Waals surface area contributed by atoms with Crippen LogP contribution in [-0.2, 0) is 15.0 Å². The van der Waals surface area contributed by atoms with Crippen LogP contribution < -0.4 is 4.90 Å². The minimum absolute atomic E-state index is 0.0854. The number of hydrogen-bond acceptors (Lipinski definition) is 3. The van der Waals surface area contributed by atoms with Gasteiger partial charge in [-0.3, -0.25) is 9.59 Å². The first-order valence-corrected chi connectivity index (χ1v) is 10.8. The molecule has 0 aromatic heterocycles. The summed E-state index contributed by atoms with van der Waals surface area (Å²) >= 11 is 0. The van der Waals surface area contributed by atoms with E-state index in [4.69, 9.17) is 0 Å². The summed E-state index contributed by atoms with van der Waals surface area (Å²) in [5, 5.41) is 0. The van der Waals surface area contributed by atoms with E-state index in [1.165, 1.54) is 18.2 Å². The van der Waals surface area contributed by atoms with E-state index in [1.807, 2.05) is 41.3 Å². The molecule has 2 heterocycles. The van der Waals surface area contributed by atoms with Crippen LogP contribution >= 0.6 is 0 Å². The second-order valence-electron chi connectivity index (χ2n) is 8.24. The number of carbonyl (C=O) groups is 2.